The van der Waals surface area contributed by atoms with E-state index in [0.717, 1.165) is 0 Å². The Labute approximate surface area is 52.9 Å². The zero-order valence-electron chi connectivity index (χ0n) is 5.30. The van der Waals surface area contributed by atoms with Crippen LogP contribution in [0.25, 0.3) is 0 Å². The van der Waals surface area contributed by atoms with Gasteiger partial charge in [0.25, 0.3) is 0 Å². The van der Waals surface area contributed by atoms with Crippen molar-refractivity contribution < 1.29 is 4.74 Å². The van der Waals surface area contributed by atoms with Crippen LogP contribution in [0.3, 0.4) is 0 Å². The topological polar surface area (TPSA) is 46.0 Å². The van der Waals surface area contributed by atoms with Crippen molar-refractivity contribution in [2.24, 2.45) is 10.1 Å². The summed E-state index contributed by atoms with van der Waals surface area (Å²) in [4.78, 5) is 3.73. The fraction of sp³-hybridized carbons (Fsp3) is 0.400. The first-order valence-electron chi connectivity index (χ1n) is 2.53. The molecular formula is C5H7N3O. The van der Waals surface area contributed by atoms with Crippen molar-refractivity contribution in [1.29, 1.82) is 0 Å². The molecule has 1 aliphatic heterocycles. The Morgan fingerprint density at radius 1 is 1.78 bits per heavy atom. The maximum Gasteiger partial charge on any atom is 0.311 e. The highest BCUT2D eigenvalue weighted by atomic mass is 16.5. The summed E-state index contributed by atoms with van der Waals surface area (Å²) in [6.07, 6.45) is 0. The van der Waals surface area contributed by atoms with Crippen molar-refractivity contribution >= 4 is 11.9 Å². The molecule has 48 valence electrons. The third-order valence-corrected chi connectivity index (χ3v) is 0.818. The Morgan fingerprint density at radius 2 is 2.56 bits per heavy atom. The van der Waals surface area contributed by atoms with E-state index in [1.54, 1.807) is 14.0 Å². The molecular weight excluding hydrogens is 118 g/mol. The number of hydrogen-bond acceptors (Lipinski definition) is 3. The number of nitrogens with zero attached hydrogens (tertiary/aromatic N) is 2. The lowest BCUT2D eigenvalue weighted by atomic mass is 10.6. The summed E-state index contributed by atoms with van der Waals surface area (Å²) in [6.45, 7) is 1.76. The predicted octanol–water partition coefficient (Wildman–Crippen LogP) is 0.0805. The fourth-order valence-corrected chi connectivity index (χ4v) is 0.441. The summed E-state index contributed by atoms with van der Waals surface area (Å²) in [5.41, 5.74) is 2.52. The van der Waals surface area contributed by atoms with Crippen molar-refractivity contribution in [1.82, 2.24) is 5.43 Å². The highest BCUT2D eigenvalue weighted by molar-refractivity contribution is 5.78. The molecule has 0 bridgehead atoms. The van der Waals surface area contributed by atoms with E-state index in [2.05, 4.69) is 21.4 Å². The van der Waals surface area contributed by atoms with Crippen LogP contribution in [0.15, 0.2) is 15.9 Å². The van der Waals surface area contributed by atoms with Gasteiger partial charge in [-0.2, -0.15) is 0 Å². The van der Waals surface area contributed by atoms with Gasteiger partial charge in [0.1, 0.15) is 0 Å². The molecule has 0 spiro atoms. The third kappa shape index (κ3) is 1.30. The van der Waals surface area contributed by atoms with Crippen molar-refractivity contribution in [3.63, 3.8) is 0 Å². The SMILES string of the molecule is CN=C1NN=C=C(C)O1. The Kier molecular flexibility index (Phi) is 1.51. The molecule has 0 saturated heterocycles. The maximum atomic E-state index is 4.99. The minimum absolute atomic E-state index is 0.409. The van der Waals surface area contributed by atoms with Crippen LogP contribution in [-0.4, -0.2) is 18.9 Å². The summed E-state index contributed by atoms with van der Waals surface area (Å²) < 4.78 is 4.99. The highest BCUT2D eigenvalue weighted by Gasteiger charge is 2.01. The molecule has 0 radical (unpaired) electrons. The molecule has 4 heteroatoms. The molecule has 0 aromatic rings. The lowest BCUT2D eigenvalue weighted by Crippen LogP contribution is -2.23. The second kappa shape index (κ2) is 2.33. The van der Waals surface area contributed by atoms with Crippen LogP contribution in [0, 0.1) is 0 Å². The zero-order valence-corrected chi connectivity index (χ0v) is 5.30. The van der Waals surface area contributed by atoms with Crippen molar-refractivity contribution in [3.05, 3.63) is 5.76 Å². The van der Waals surface area contributed by atoms with Crippen molar-refractivity contribution in [2.45, 2.75) is 6.92 Å². The first kappa shape index (κ1) is 5.85. The summed E-state index contributed by atoms with van der Waals surface area (Å²) in [7, 11) is 1.62. The number of allylic oxidation sites excluding steroid dienone is 1. The van der Waals surface area contributed by atoms with Crippen LogP contribution in [0.2, 0.25) is 0 Å². The van der Waals surface area contributed by atoms with Crippen LogP contribution < -0.4 is 5.43 Å². The van der Waals surface area contributed by atoms with E-state index >= 15 is 0 Å². The summed E-state index contributed by atoms with van der Waals surface area (Å²) in [5.74, 6) is 3.19. The molecule has 0 aromatic heterocycles. The van der Waals surface area contributed by atoms with Crippen molar-refractivity contribution in [3.8, 4) is 0 Å². The first-order valence-corrected chi connectivity index (χ1v) is 2.53. The molecule has 1 heterocycles. The Balaban J connectivity index is 2.73. The van der Waals surface area contributed by atoms with Gasteiger partial charge >= 0.3 is 6.02 Å². The van der Waals surface area contributed by atoms with Gasteiger partial charge in [-0.25, -0.2) is 10.4 Å². The largest absolute Gasteiger partial charge is 0.419 e. The second-order valence-corrected chi connectivity index (χ2v) is 1.52. The molecule has 9 heavy (non-hydrogen) atoms. The van der Waals surface area contributed by atoms with Gasteiger partial charge < -0.3 is 4.74 Å². The third-order valence-electron chi connectivity index (χ3n) is 0.818. The molecule has 0 aliphatic carbocycles. The molecule has 4 nitrogen and oxygen atoms in total. The smallest absolute Gasteiger partial charge is 0.311 e. The molecule has 0 saturated carbocycles. The van der Waals surface area contributed by atoms with Gasteiger partial charge in [0.05, 0.1) is 5.87 Å². The lowest BCUT2D eigenvalue weighted by Gasteiger charge is -2.06. The van der Waals surface area contributed by atoms with E-state index in [9.17, 15) is 0 Å². The summed E-state index contributed by atoms with van der Waals surface area (Å²) in [5, 5.41) is 3.62. The fourth-order valence-electron chi connectivity index (χ4n) is 0.441. The summed E-state index contributed by atoms with van der Waals surface area (Å²) in [6, 6.07) is 0.409. The van der Waals surface area contributed by atoms with E-state index in [-0.39, 0.29) is 0 Å². The van der Waals surface area contributed by atoms with Crippen LogP contribution in [0.1, 0.15) is 6.92 Å². The lowest BCUT2D eigenvalue weighted by molar-refractivity contribution is 0.395. The van der Waals surface area contributed by atoms with E-state index in [1.165, 1.54) is 0 Å². The predicted molar refractivity (Wildman–Crippen MR) is 34.2 cm³/mol. The number of ether oxygens (including phenoxy) is 1. The molecule has 0 aromatic carbocycles. The number of amidine groups is 1. The van der Waals surface area contributed by atoms with E-state index < -0.39 is 0 Å². The molecule has 1 rings (SSSR count). The average molecular weight is 125 g/mol. The minimum Gasteiger partial charge on any atom is -0.419 e. The molecule has 0 atom stereocenters. The molecule has 1 N–H and O–H groups in total. The van der Waals surface area contributed by atoms with Crippen LogP contribution in [0.4, 0.5) is 0 Å². The molecule has 0 unspecified atom stereocenters. The number of rotatable bonds is 0. The minimum atomic E-state index is 0.409. The summed E-state index contributed by atoms with van der Waals surface area (Å²) >= 11 is 0. The average Bonchev–Trinajstić information content (AvgIpc) is 1.88. The van der Waals surface area contributed by atoms with Crippen LogP contribution in [-0.2, 0) is 4.74 Å². The van der Waals surface area contributed by atoms with Crippen molar-refractivity contribution in [2.75, 3.05) is 7.05 Å². The maximum absolute atomic E-state index is 4.99. The number of hydrogen-bond donors (Lipinski definition) is 1. The first-order chi connectivity index (χ1) is 4.33. The van der Waals surface area contributed by atoms with Gasteiger partial charge in [-0.05, 0) is 0 Å². The zero-order chi connectivity index (χ0) is 6.69. The van der Waals surface area contributed by atoms with E-state index in [4.69, 9.17) is 4.74 Å². The Morgan fingerprint density at radius 3 is 3.00 bits per heavy atom. The normalized spacial score (nSPS) is 20.7. The van der Waals surface area contributed by atoms with Crippen LogP contribution in [0.5, 0.6) is 0 Å². The molecule has 1 aliphatic rings. The molecule has 0 fully saturated rings. The second-order valence-electron chi connectivity index (χ2n) is 1.52. The molecule has 0 amide bonds. The number of aliphatic imine (C=N–C) groups is 1. The monoisotopic (exact) mass is 125 g/mol. The van der Waals surface area contributed by atoms with Gasteiger partial charge in [0.2, 0.25) is 0 Å². The Hall–Kier alpha value is -1.28. The van der Waals surface area contributed by atoms with E-state index in [1.807, 2.05) is 0 Å². The number of hydrazone groups is 1. The van der Waals surface area contributed by atoms with Gasteiger partial charge in [0, 0.05) is 14.0 Å². The Bertz CT molecular complexity index is 200. The van der Waals surface area contributed by atoms with Gasteiger partial charge in [-0.1, -0.05) is 0 Å². The van der Waals surface area contributed by atoms with Gasteiger partial charge in [0.15, 0.2) is 5.76 Å². The van der Waals surface area contributed by atoms with E-state index in [0.29, 0.717) is 11.8 Å². The van der Waals surface area contributed by atoms with Crippen LogP contribution >= 0.6 is 0 Å². The van der Waals surface area contributed by atoms with Gasteiger partial charge in [-0.3, -0.25) is 0 Å². The number of nitrogens with one attached hydrogen (secondary N) is 1. The highest BCUT2D eigenvalue weighted by Crippen LogP contribution is 1.92. The quantitative estimate of drug-likeness (QED) is 0.498. The standard InChI is InChI=1S/C5H7N3O/c1-4-3-7-8-5(6-2)9-4/h1-2H3,(H,6,8). The van der Waals surface area contributed by atoms with Gasteiger partial charge in [-0.15, -0.1) is 5.10 Å².